The fourth-order valence-corrected chi connectivity index (χ4v) is 2.49. The third kappa shape index (κ3) is 2.87. The number of nitrogens with two attached hydrogens (primary N) is 1. The summed E-state index contributed by atoms with van der Waals surface area (Å²) in [7, 11) is 0. The summed E-state index contributed by atoms with van der Waals surface area (Å²) >= 11 is 0. The van der Waals surface area contributed by atoms with Crippen molar-refractivity contribution in [1.29, 1.82) is 0 Å². The minimum Gasteiger partial charge on any atom is -0.383 e. The predicted molar refractivity (Wildman–Crippen MR) is 70.8 cm³/mol. The van der Waals surface area contributed by atoms with E-state index >= 15 is 0 Å². The summed E-state index contributed by atoms with van der Waals surface area (Å²) in [4.78, 5) is 8.29. The molecular formula is C13H22N4. The summed E-state index contributed by atoms with van der Waals surface area (Å²) < 4.78 is 0. The fraction of sp³-hybridized carbons (Fsp3) is 0.692. The first-order chi connectivity index (χ1) is 8.18. The number of hydrogen-bond acceptors (Lipinski definition) is 4. The zero-order valence-electron chi connectivity index (χ0n) is 10.7. The summed E-state index contributed by atoms with van der Waals surface area (Å²) in [5.74, 6) is 2.17. The zero-order chi connectivity index (χ0) is 12.3. The molecule has 1 aliphatic carbocycles. The van der Waals surface area contributed by atoms with Crippen LogP contribution >= 0.6 is 0 Å². The Morgan fingerprint density at radius 3 is 2.82 bits per heavy atom. The van der Waals surface area contributed by atoms with Crippen LogP contribution in [0.15, 0.2) is 6.33 Å². The van der Waals surface area contributed by atoms with Crippen molar-refractivity contribution in [3.05, 3.63) is 11.9 Å². The molecule has 0 spiro atoms. The molecule has 1 fully saturated rings. The Kier molecular flexibility index (Phi) is 3.82. The first-order valence-corrected chi connectivity index (χ1v) is 6.52. The van der Waals surface area contributed by atoms with Crippen LogP contribution in [0.2, 0.25) is 0 Å². The molecule has 1 aromatic heterocycles. The van der Waals surface area contributed by atoms with Gasteiger partial charge in [-0.25, -0.2) is 9.97 Å². The van der Waals surface area contributed by atoms with E-state index in [1.54, 1.807) is 0 Å². The largest absolute Gasteiger partial charge is 0.383 e. The van der Waals surface area contributed by atoms with Gasteiger partial charge in [-0.05, 0) is 25.7 Å². The SMILES string of the molecule is Cc1c(N)ncnc1NC1CCCCCC1C. The van der Waals surface area contributed by atoms with Gasteiger partial charge < -0.3 is 11.1 Å². The molecule has 94 valence electrons. The van der Waals surface area contributed by atoms with Gasteiger partial charge in [-0.1, -0.05) is 26.2 Å². The average molecular weight is 234 g/mol. The predicted octanol–water partition coefficient (Wildman–Crippen LogP) is 2.75. The van der Waals surface area contributed by atoms with Crippen molar-refractivity contribution < 1.29 is 0 Å². The molecule has 17 heavy (non-hydrogen) atoms. The van der Waals surface area contributed by atoms with Gasteiger partial charge in [-0.3, -0.25) is 0 Å². The standard InChI is InChI=1S/C13H22N4/c1-9-6-4-3-5-7-11(9)17-13-10(2)12(14)15-8-16-13/h8-9,11H,3-7H2,1-2H3,(H3,14,15,16,17). The fourth-order valence-electron chi connectivity index (χ4n) is 2.49. The van der Waals surface area contributed by atoms with Crippen molar-refractivity contribution in [1.82, 2.24) is 9.97 Å². The number of hydrogen-bond donors (Lipinski definition) is 2. The van der Waals surface area contributed by atoms with Gasteiger partial charge >= 0.3 is 0 Å². The minimum atomic E-state index is 0.519. The second kappa shape index (κ2) is 5.34. The molecule has 0 aliphatic heterocycles. The molecule has 1 aliphatic rings. The Balaban J connectivity index is 2.10. The van der Waals surface area contributed by atoms with Gasteiger partial charge in [-0.15, -0.1) is 0 Å². The van der Waals surface area contributed by atoms with E-state index in [-0.39, 0.29) is 0 Å². The maximum absolute atomic E-state index is 5.80. The molecule has 1 saturated carbocycles. The number of anilines is 2. The lowest BCUT2D eigenvalue weighted by molar-refractivity contribution is 0.455. The minimum absolute atomic E-state index is 0.519. The molecule has 0 radical (unpaired) electrons. The van der Waals surface area contributed by atoms with E-state index in [4.69, 9.17) is 5.73 Å². The molecule has 2 rings (SSSR count). The highest BCUT2D eigenvalue weighted by molar-refractivity contribution is 5.54. The zero-order valence-corrected chi connectivity index (χ0v) is 10.7. The van der Waals surface area contributed by atoms with Crippen molar-refractivity contribution >= 4 is 11.6 Å². The van der Waals surface area contributed by atoms with Crippen LogP contribution in [-0.2, 0) is 0 Å². The van der Waals surface area contributed by atoms with Crippen LogP contribution in [0, 0.1) is 12.8 Å². The quantitative estimate of drug-likeness (QED) is 0.772. The maximum Gasteiger partial charge on any atom is 0.134 e. The molecule has 1 heterocycles. The number of nitrogens with zero attached hydrogens (tertiary/aromatic N) is 2. The Labute approximate surface area is 103 Å². The normalized spacial score (nSPS) is 25.3. The molecule has 0 bridgehead atoms. The Hall–Kier alpha value is -1.32. The molecule has 3 N–H and O–H groups in total. The van der Waals surface area contributed by atoms with E-state index in [1.165, 1.54) is 38.4 Å². The second-order valence-corrected chi connectivity index (χ2v) is 5.10. The smallest absolute Gasteiger partial charge is 0.134 e. The van der Waals surface area contributed by atoms with Crippen molar-refractivity contribution in [2.24, 2.45) is 5.92 Å². The summed E-state index contributed by atoms with van der Waals surface area (Å²) in [5.41, 5.74) is 6.76. The molecule has 2 atom stereocenters. The third-order valence-corrected chi connectivity index (χ3v) is 3.81. The van der Waals surface area contributed by atoms with Gasteiger partial charge in [0.05, 0.1) is 0 Å². The van der Waals surface area contributed by atoms with E-state index in [0.29, 0.717) is 17.8 Å². The number of nitrogen functional groups attached to an aromatic ring is 1. The summed E-state index contributed by atoms with van der Waals surface area (Å²) in [6, 6.07) is 0.519. The van der Waals surface area contributed by atoms with Crippen molar-refractivity contribution in [3.8, 4) is 0 Å². The average Bonchev–Trinajstić information content (AvgIpc) is 2.51. The van der Waals surface area contributed by atoms with E-state index in [0.717, 1.165) is 11.4 Å². The highest BCUT2D eigenvalue weighted by atomic mass is 15.1. The van der Waals surface area contributed by atoms with Gasteiger partial charge in [0.15, 0.2) is 0 Å². The lowest BCUT2D eigenvalue weighted by atomic mass is 9.97. The topological polar surface area (TPSA) is 63.8 Å². The lowest BCUT2D eigenvalue weighted by Gasteiger charge is -2.24. The van der Waals surface area contributed by atoms with E-state index in [2.05, 4.69) is 22.2 Å². The van der Waals surface area contributed by atoms with Crippen LogP contribution < -0.4 is 11.1 Å². The molecule has 4 nitrogen and oxygen atoms in total. The highest BCUT2D eigenvalue weighted by Gasteiger charge is 2.20. The summed E-state index contributed by atoms with van der Waals surface area (Å²) in [6.45, 7) is 4.29. The van der Waals surface area contributed by atoms with Gasteiger partial charge in [-0.2, -0.15) is 0 Å². The molecule has 2 unspecified atom stereocenters. The van der Waals surface area contributed by atoms with Crippen molar-refractivity contribution in [3.63, 3.8) is 0 Å². The van der Waals surface area contributed by atoms with Gasteiger partial charge in [0.2, 0.25) is 0 Å². The van der Waals surface area contributed by atoms with Crippen LogP contribution in [0.4, 0.5) is 11.6 Å². The monoisotopic (exact) mass is 234 g/mol. The Morgan fingerprint density at radius 1 is 1.24 bits per heavy atom. The number of aromatic nitrogens is 2. The van der Waals surface area contributed by atoms with E-state index in [1.807, 2.05) is 6.92 Å². The second-order valence-electron chi connectivity index (χ2n) is 5.10. The molecule has 0 aromatic carbocycles. The molecule has 1 aromatic rings. The molecule has 0 saturated heterocycles. The Bertz CT molecular complexity index is 378. The van der Waals surface area contributed by atoms with Gasteiger partial charge in [0, 0.05) is 11.6 Å². The van der Waals surface area contributed by atoms with Gasteiger partial charge in [0.25, 0.3) is 0 Å². The van der Waals surface area contributed by atoms with Crippen molar-refractivity contribution in [2.75, 3.05) is 11.1 Å². The number of nitrogens with one attached hydrogen (secondary N) is 1. The Morgan fingerprint density at radius 2 is 2.00 bits per heavy atom. The van der Waals surface area contributed by atoms with E-state index < -0.39 is 0 Å². The molecule has 0 amide bonds. The highest BCUT2D eigenvalue weighted by Crippen LogP contribution is 2.26. The summed E-state index contributed by atoms with van der Waals surface area (Å²) in [5, 5.41) is 3.55. The third-order valence-electron chi connectivity index (χ3n) is 3.81. The van der Waals surface area contributed by atoms with Crippen LogP contribution in [0.25, 0.3) is 0 Å². The number of rotatable bonds is 2. The first kappa shape index (κ1) is 12.1. The first-order valence-electron chi connectivity index (χ1n) is 6.52. The van der Waals surface area contributed by atoms with Crippen LogP contribution in [-0.4, -0.2) is 16.0 Å². The van der Waals surface area contributed by atoms with Crippen LogP contribution in [0.1, 0.15) is 44.6 Å². The van der Waals surface area contributed by atoms with E-state index in [9.17, 15) is 0 Å². The summed E-state index contributed by atoms with van der Waals surface area (Å²) in [6.07, 6.45) is 8.08. The lowest BCUT2D eigenvalue weighted by Crippen LogP contribution is -2.27. The van der Waals surface area contributed by atoms with Crippen LogP contribution in [0.5, 0.6) is 0 Å². The van der Waals surface area contributed by atoms with Crippen molar-refractivity contribution in [2.45, 2.75) is 52.0 Å². The van der Waals surface area contributed by atoms with Crippen LogP contribution in [0.3, 0.4) is 0 Å². The van der Waals surface area contributed by atoms with Gasteiger partial charge in [0.1, 0.15) is 18.0 Å². The molecular weight excluding hydrogens is 212 g/mol. The molecule has 4 heteroatoms. The maximum atomic E-state index is 5.80.